The zero-order valence-electron chi connectivity index (χ0n) is 15.5. The summed E-state index contributed by atoms with van der Waals surface area (Å²) in [5.74, 6) is -0.141. The van der Waals surface area contributed by atoms with Gasteiger partial charge in [-0.2, -0.15) is 0 Å². The van der Waals surface area contributed by atoms with Gasteiger partial charge in [-0.1, -0.05) is 24.3 Å². The smallest absolute Gasteiger partial charge is 0.273 e. The molecule has 1 atom stereocenters. The minimum atomic E-state index is -0.439. The van der Waals surface area contributed by atoms with Gasteiger partial charge in [-0.05, 0) is 37.6 Å². The van der Waals surface area contributed by atoms with Gasteiger partial charge in [-0.3, -0.25) is 19.9 Å². The van der Waals surface area contributed by atoms with E-state index in [1.807, 2.05) is 12.1 Å². The number of carbonyl (C=O) groups is 1. The molecule has 3 rings (SSSR count). The molecule has 0 saturated carbocycles. The predicted octanol–water partition coefficient (Wildman–Crippen LogP) is 2.83. The van der Waals surface area contributed by atoms with Crippen molar-refractivity contribution in [1.82, 2.24) is 14.8 Å². The van der Waals surface area contributed by atoms with E-state index in [0.29, 0.717) is 5.56 Å². The minimum absolute atomic E-state index is 0.00438. The lowest BCUT2D eigenvalue weighted by Gasteiger charge is -2.32. The van der Waals surface area contributed by atoms with E-state index in [1.165, 1.54) is 18.9 Å². The Kier molecular flexibility index (Phi) is 6.13. The molecule has 7 nitrogen and oxygen atoms in total. The van der Waals surface area contributed by atoms with Crippen LogP contribution in [0.4, 0.5) is 5.69 Å². The molecule has 1 aromatic carbocycles. The van der Waals surface area contributed by atoms with Crippen LogP contribution in [0, 0.1) is 10.1 Å². The molecule has 0 radical (unpaired) electrons. The zero-order valence-corrected chi connectivity index (χ0v) is 15.5. The standard InChI is InChI=1S/C20H24N4O3/c1-22(20(25)13-16-7-2-3-9-18(16)24(26)27)19(15-23-11-4-5-12-23)17-8-6-10-21-14-17/h2-3,6-10,14,19H,4-5,11-13,15H2,1H3. The Hall–Kier alpha value is -2.80. The van der Waals surface area contributed by atoms with Crippen molar-refractivity contribution in [3.8, 4) is 0 Å². The summed E-state index contributed by atoms with van der Waals surface area (Å²) in [6.45, 7) is 2.80. The third-order valence-corrected chi connectivity index (χ3v) is 5.09. The summed E-state index contributed by atoms with van der Waals surface area (Å²) in [5.41, 5.74) is 1.39. The first-order valence-electron chi connectivity index (χ1n) is 9.16. The first-order valence-corrected chi connectivity index (χ1v) is 9.16. The monoisotopic (exact) mass is 368 g/mol. The van der Waals surface area contributed by atoms with E-state index in [4.69, 9.17) is 0 Å². The van der Waals surface area contributed by atoms with Gasteiger partial charge < -0.3 is 9.80 Å². The molecule has 1 aliphatic rings. The highest BCUT2D eigenvalue weighted by Crippen LogP contribution is 2.25. The van der Waals surface area contributed by atoms with E-state index in [0.717, 1.165) is 25.2 Å². The lowest BCUT2D eigenvalue weighted by atomic mass is 10.0. The molecule has 2 aromatic rings. The largest absolute Gasteiger partial charge is 0.337 e. The second-order valence-electron chi connectivity index (χ2n) is 6.88. The van der Waals surface area contributed by atoms with E-state index >= 15 is 0 Å². The summed E-state index contributed by atoms with van der Waals surface area (Å²) in [5, 5.41) is 11.2. The van der Waals surface area contributed by atoms with Gasteiger partial charge in [0.15, 0.2) is 0 Å². The Morgan fingerprint density at radius 2 is 2.00 bits per heavy atom. The van der Waals surface area contributed by atoms with Crippen molar-refractivity contribution >= 4 is 11.6 Å². The summed E-state index contributed by atoms with van der Waals surface area (Å²) >= 11 is 0. The lowest BCUT2D eigenvalue weighted by molar-refractivity contribution is -0.385. The summed E-state index contributed by atoms with van der Waals surface area (Å²) in [6, 6.07) is 10.1. The first kappa shape index (κ1) is 19.0. The van der Waals surface area contributed by atoms with Crippen molar-refractivity contribution in [1.29, 1.82) is 0 Å². The molecule has 1 aliphatic heterocycles. The number of amides is 1. The van der Waals surface area contributed by atoms with Crippen molar-refractivity contribution < 1.29 is 9.72 Å². The Balaban J connectivity index is 1.79. The SMILES string of the molecule is CN(C(=O)Cc1ccccc1[N+](=O)[O-])C(CN1CCCC1)c1cccnc1. The number of benzene rings is 1. The normalized spacial score (nSPS) is 15.4. The quantitative estimate of drug-likeness (QED) is 0.555. The van der Waals surface area contributed by atoms with Gasteiger partial charge in [0.2, 0.25) is 5.91 Å². The second-order valence-corrected chi connectivity index (χ2v) is 6.88. The summed E-state index contributed by atoms with van der Waals surface area (Å²) in [6.07, 6.45) is 5.85. The third kappa shape index (κ3) is 4.68. The Morgan fingerprint density at radius 3 is 2.67 bits per heavy atom. The number of hydrogen-bond donors (Lipinski definition) is 0. The van der Waals surface area contributed by atoms with Gasteiger partial charge in [0, 0.05) is 37.6 Å². The van der Waals surface area contributed by atoms with Gasteiger partial charge in [0.05, 0.1) is 17.4 Å². The highest BCUT2D eigenvalue weighted by Gasteiger charge is 2.27. The number of nitrogens with zero attached hydrogens (tertiary/aromatic N) is 4. The molecule has 0 spiro atoms. The third-order valence-electron chi connectivity index (χ3n) is 5.09. The molecule has 2 heterocycles. The lowest BCUT2D eigenvalue weighted by Crippen LogP contribution is -2.39. The van der Waals surface area contributed by atoms with Gasteiger partial charge in [0.25, 0.3) is 5.69 Å². The first-order chi connectivity index (χ1) is 13.1. The molecule has 0 bridgehead atoms. The maximum atomic E-state index is 12.9. The van der Waals surface area contributed by atoms with E-state index in [2.05, 4.69) is 9.88 Å². The number of para-hydroxylation sites is 1. The molecule has 0 N–H and O–H groups in total. The average molecular weight is 368 g/mol. The van der Waals surface area contributed by atoms with Crippen LogP contribution in [-0.4, -0.2) is 52.3 Å². The topological polar surface area (TPSA) is 79.6 Å². The highest BCUT2D eigenvalue weighted by molar-refractivity contribution is 5.80. The number of aromatic nitrogens is 1. The average Bonchev–Trinajstić information content (AvgIpc) is 3.20. The van der Waals surface area contributed by atoms with Gasteiger partial charge in [0.1, 0.15) is 0 Å². The van der Waals surface area contributed by atoms with Crippen LogP contribution in [-0.2, 0) is 11.2 Å². The number of nitro benzene ring substituents is 1. The van der Waals surface area contributed by atoms with E-state index < -0.39 is 4.92 Å². The van der Waals surface area contributed by atoms with E-state index in [9.17, 15) is 14.9 Å². The summed E-state index contributed by atoms with van der Waals surface area (Å²) < 4.78 is 0. The van der Waals surface area contributed by atoms with Crippen LogP contribution in [0.5, 0.6) is 0 Å². The number of rotatable bonds is 7. The molecule has 1 saturated heterocycles. The highest BCUT2D eigenvalue weighted by atomic mass is 16.6. The van der Waals surface area contributed by atoms with Crippen LogP contribution in [0.25, 0.3) is 0 Å². The number of nitro groups is 1. The number of pyridine rings is 1. The maximum Gasteiger partial charge on any atom is 0.273 e. The van der Waals surface area contributed by atoms with Crippen molar-refractivity contribution in [3.05, 3.63) is 70.0 Å². The fourth-order valence-corrected chi connectivity index (χ4v) is 3.53. The molecule has 142 valence electrons. The number of likely N-dealkylation sites (N-methyl/N-ethyl adjacent to an activating group) is 1. The minimum Gasteiger partial charge on any atom is -0.337 e. The van der Waals surface area contributed by atoms with Crippen molar-refractivity contribution in [2.75, 3.05) is 26.7 Å². The van der Waals surface area contributed by atoms with Gasteiger partial charge in [-0.15, -0.1) is 0 Å². The fraction of sp³-hybridized carbons (Fsp3) is 0.400. The van der Waals surface area contributed by atoms with Gasteiger partial charge >= 0.3 is 0 Å². The maximum absolute atomic E-state index is 12.9. The van der Waals surface area contributed by atoms with E-state index in [1.54, 1.807) is 42.5 Å². The Bertz CT molecular complexity index is 791. The second kappa shape index (κ2) is 8.73. The van der Waals surface area contributed by atoms with Crippen LogP contribution < -0.4 is 0 Å². The fourth-order valence-electron chi connectivity index (χ4n) is 3.53. The molecule has 1 unspecified atom stereocenters. The van der Waals surface area contributed by atoms with Crippen molar-refractivity contribution in [2.45, 2.75) is 25.3 Å². The van der Waals surface area contributed by atoms with Crippen molar-refractivity contribution in [3.63, 3.8) is 0 Å². The Labute approximate surface area is 158 Å². The predicted molar refractivity (Wildman–Crippen MR) is 102 cm³/mol. The van der Waals surface area contributed by atoms with E-state index in [-0.39, 0.29) is 24.1 Å². The van der Waals surface area contributed by atoms with Crippen LogP contribution in [0.3, 0.4) is 0 Å². The van der Waals surface area contributed by atoms with Crippen LogP contribution in [0.2, 0.25) is 0 Å². The molecule has 1 fully saturated rings. The molecule has 1 aromatic heterocycles. The molecular weight excluding hydrogens is 344 g/mol. The Morgan fingerprint density at radius 1 is 1.26 bits per heavy atom. The van der Waals surface area contributed by atoms with Gasteiger partial charge in [-0.25, -0.2) is 0 Å². The van der Waals surface area contributed by atoms with Crippen LogP contribution in [0.15, 0.2) is 48.8 Å². The molecular formula is C20H24N4O3. The zero-order chi connectivity index (χ0) is 19.2. The number of likely N-dealkylation sites (tertiary alicyclic amines) is 1. The summed E-state index contributed by atoms with van der Waals surface area (Å²) in [4.78, 5) is 32.0. The molecule has 27 heavy (non-hydrogen) atoms. The summed E-state index contributed by atoms with van der Waals surface area (Å²) in [7, 11) is 1.77. The molecule has 7 heteroatoms. The number of carbonyl (C=O) groups excluding carboxylic acids is 1. The van der Waals surface area contributed by atoms with Crippen molar-refractivity contribution in [2.24, 2.45) is 0 Å². The molecule has 0 aliphatic carbocycles. The van der Waals surface area contributed by atoms with Crippen LogP contribution in [0.1, 0.15) is 30.0 Å². The molecule has 1 amide bonds. The van der Waals surface area contributed by atoms with Crippen LogP contribution >= 0.6 is 0 Å². The number of hydrogen-bond acceptors (Lipinski definition) is 5.